The number of thioether (sulfide) groups is 1. The zero-order valence-electron chi connectivity index (χ0n) is 15.4. The molecule has 0 atom stereocenters. The van der Waals surface area contributed by atoms with Gasteiger partial charge in [0.15, 0.2) is 5.82 Å². The minimum Gasteiger partial charge on any atom is -0.354 e. The molecule has 3 aromatic rings. The van der Waals surface area contributed by atoms with Crippen LogP contribution in [0.3, 0.4) is 0 Å². The van der Waals surface area contributed by atoms with Crippen LogP contribution in [-0.4, -0.2) is 34.7 Å². The van der Waals surface area contributed by atoms with Gasteiger partial charge in [0.1, 0.15) is 10.8 Å². The number of nitrogens with zero attached hydrogens (tertiary/aromatic N) is 3. The second kappa shape index (κ2) is 8.56. The SMILES string of the molecule is O=C(CSc1nc2ccccc2nc1N1CCCC1)NCc1ccc(F)cc1. The van der Waals surface area contributed by atoms with Gasteiger partial charge in [-0.05, 0) is 42.7 Å². The van der Waals surface area contributed by atoms with Gasteiger partial charge in [-0.15, -0.1) is 0 Å². The highest BCUT2D eigenvalue weighted by Gasteiger charge is 2.20. The molecule has 1 aromatic heterocycles. The summed E-state index contributed by atoms with van der Waals surface area (Å²) < 4.78 is 13.0. The van der Waals surface area contributed by atoms with E-state index in [9.17, 15) is 9.18 Å². The number of aromatic nitrogens is 2. The van der Waals surface area contributed by atoms with Gasteiger partial charge in [0.05, 0.1) is 16.8 Å². The number of halogens is 1. The van der Waals surface area contributed by atoms with Crippen LogP contribution in [0.2, 0.25) is 0 Å². The standard InChI is InChI=1S/C21H21FN4OS/c22-16-9-7-15(8-10-16)13-23-19(27)14-28-21-20(26-11-3-4-12-26)24-17-5-1-2-6-18(17)25-21/h1-2,5-10H,3-4,11-14H2,(H,23,27). The summed E-state index contributed by atoms with van der Waals surface area (Å²) in [6, 6.07) is 13.9. The Morgan fingerprint density at radius 2 is 1.71 bits per heavy atom. The first-order chi connectivity index (χ1) is 13.7. The van der Waals surface area contributed by atoms with Crippen molar-refractivity contribution in [3.63, 3.8) is 0 Å². The maximum Gasteiger partial charge on any atom is 0.230 e. The number of hydrogen-bond donors (Lipinski definition) is 1. The summed E-state index contributed by atoms with van der Waals surface area (Å²) in [5.41, 5.74) is 2.57. The molecule has 2 aromatic carbocycles. The van der Waals surface area contributed by atoms with Gasteiger partial charge in [0.2, 0.25) is 5.91 Å². The third-order valence-electron chi connectivity index (χ3n) is 4.67. The van der Waals surface area contributed by atoms with Crippen LogP contribution in [0.15, 0.2) is 53.6 Å². The van der Waals surface area contributed by atoms with Gasteiger partial charge in [-0.25, -0.2) is 14.4 Å². The van der Waals surface area contributed by atoms with Crippen LogP contribution in [0.25, 0.3) is 11.0 Å². The molecule has 2 heterocycles. The van der Waals surface area contributed by atoms with E-state index in [1.165, 1.54) is 23.9 Å². The molecule has 0 saturated carbocycles. The van der Waals surface area contributed by atoms with E-state index in [1.807, 2.05) is 24.3 Å². The van der Waals surface area contributed by atoms with Crippen LogP contribution in [0, 0.1) is 5.82 Å². The number of anilines is 1. The Balaban J connectivity index is 1.44. The zero-order chi connectivity index (χ0) is 19.3. The monoisotopic (exact) mass is 396 g/mol. The maximum absolute atomic E-state index is 13.0. The van der Waals surface area contributed by atoms with E-state index in [2.05, 4.69) is 10.2 Å². The first kappa shape index (κ1) is 18.7. The third kappa shape index (κ3) is 4.42. The lowest BCUT2D eigenvalue weighted by Crippen LogP contribution is -2.25. The van der Waals surface area contributed by atoms with Crippen LogP contribution >= 0.6 is 11.8 Å². The van der Waals surface area contributed by atoms with Gasteiger partial charge in [-0.2, -0.15) is 0 Å². The maximum atomic E-state index is 13.0. The molecule has 1 aliphatic rings. The quantitative estimate of drug-likeness (QED) is 0.643. The van der Waals surface area contributed by atoms with E-state index >= 15 is 0 Å². The van der Waals surface area contributed by atoms with Gasteiger partial charge in [-0.3, -0.25) is 4.79 Å². The van der Waals surface area contributed by atoms with Crippen LogP contribution in [-0.2, 0) is 11.3 Å². The highest BCUT2D eigenvalue weighted by Crippen LogP contribution is 2.31. The molecule has 28 heavy (non-hydrogen) atoms. The molecule has 7 heteroatoms. The average Bonchev–Trinajstić information content (AvgIpc) is 3.26. The van der Waals surface area contributed by atoms with Crippen molar-refractivity contribution in [1.82, 2.24) is 15.3 Å². The van der Waals surface area contributed by atoms with Gasteiger partial charge in [0, 0.05) is 19.6 Å². The number of carbonyl (C=O) groups is 1. The minimum atomic E-state index is -0.282. The van der Waals surface area contributed by atoms with Crippen LogP contribution < -0.4 is 10.2 Å². The third-order valence-corrected chi connectivity index (χ3v) is 5.62. The lowest BCUT2D eigenvalue weighted by atomic mass is 10.2. The van der Waals surface area contributed by atoms with Crippen LogP contribution in [0.1, 0.15) is 18.4 Å². The Bertz CT molecular complexity index is 974. The molecule has 5 nitrogen and oxygen atoms in total. The highest BCUT2D eigenvalue weighted by molar-refractivity contribution is 8.00. The first-order valence-electron chi connectivity index (χ1n) is 9.35. The topological polar surface area (TPSA) is 58.1 Å². The normalized spacial score (nSPS) is 13.8. The largest absolute Gasteiger partial charge is 0.354 e. The van der Waals surface area contributed by atoms with Crippen LogP contribution in [0.5, 0.6) is 0 Å². The molecule has 1 amide bonds. The summed E-state index contributed by atoms with van der Waals surface area (Å²) in [6.45, 7) is 2.32. The molecule has 0 spiro atoms. The number of amides is 1. The summed E-state index contributed by atoms with van der Waals surface area (Å²) in [7, 11) is 0. The lowest BCUT2D eigenvalue weighted by Gasteiger charge is -2.19. The first-order valence-corrected chi connectivity index (χ1v) is 10.3. The Morgan fingerprint density at radius 3 is 2.43 bits per heavy atom. The number of hydrogen-bond acceptors (Lipinski definition) is 5. The Kier molecular flexibility index (Phi) is 5.71. The molecule has 144 valence electrons. The van der Waals surface area contributed by atoms with E-state index in [-0.39, 0.29) is 17.5 Å². The summed E-state index contributed by atoms with van der Waals surface area (Å²) >= 11 is 1.41. The molecule has 1 fully saturated rings. The fraction of sp³-hybridized carbons (Fsp3) is 0.286. The molecule has 0 aliphatic carbocycles. The van der Waals surface area contributed by atoms with Crippen molar-refractivity contribution in [2.75, 3.05) is 23.7 Å². The molecule has 1 N–H and O–H groups in total. The van der Waals surface area contributed by atoms with Gasteiger partial charge in [-0.1, -0.05) is 36.0 Å². The molecule has 1 saturated heterocycles. The Morgan fingerprint density at radius 1 is 1.04 bits per heavy atom. The summed E-state index contributed by atoms with van der Waals surface area (Å²) in [6.07, 6.45) is 2.30. The molecule has 0 bridgehead atoms. The number of benzene rings is 2. The molecule has 4 rings (SSSR count). The molecule has 1 aliphatic heterocycles. The zero-order valence-corrected chi connectivity index (χ0v) is 16.2. The molecular weight excluding hydrogens is 375 g/mol. The van der Waals surface area contributed by atoms with Crippen molar-refractivity contribution in [3.05, 3.63) is 59.9 Å². The Hall–Kier alpha value is -2.67. The van der Waals surface area contributed by atoms with Crippen molar-refractivity contribution in [2.24, 2.45) is 0 Å². The smallest absolute Gasteiger partial charge is 0.230 e. The number of para-hydroxylation sites is 2. The van der Waals surface area contributed by atoms with Crippen molar-refractivity contribution in [1.29, 1.82) is 0 Å². The van der Waals surface area contributed by atoms with Gasteiger partial charge in [0.25, 0.3) is 0 Å². The number of rotatable bonds is 6. The number of fused-ring (bicyclic) bond motifs is 1. The van der Waals surface area contributed by atoms with E-state index in [0.29, 0.717) is 6.54 Å². The summed E-state index contributed by atoms with van der Waals surface area (Å²) in [5, 5.41) is 3.66. The number of carbonyl (C=O) groups excluding carboxylic acids is 1. The van der Waals surface area contributed by atoms with Gasteiger partial charge >= 0.3 is 0 Å². The average molecular weight is 396 g/mol. The van der Waals surface area contributed by atoms with Crippen molar-refractivity contribution in [3.8, 4) is 0 Å². The minimum absolute atomic E-state index is 0.0864. The van der Waals surface area contributed by atoms with Crippen molar-refractivity contribution >= 4 is 34.5 Å². The second-order valence-electron chi connectivity index (χ2n) is 6.73. The second-order valence-corrected chi connectivity index (χ2v) is 7.69. The highest BCUT2D eigenvalue weighted by atomic mass is 32.2. The molecule has 0 radical (unpaired) electrons. The Labute approximate surface area is 167 Å². The predicted molar refractivity (Wildman–Crippen MR) is 110 cm³/mol. The fourth-order valence-corrected chi connectivity index (χ4v) is 4.03. The number of nitrogens with one attached hydrogen (secondary N) is 1. The van der Waals surface area contributed by atoms with Crippen LogP contribution in [0.4, 0.5) is 10.2 Å². The van der Waals surface area contributed by atoms with E-state index in [1.54, 1.807) is 12.1 Å². The summed E-state index contributed by atoms with van der Waals surface area (Å²) in [4.78, 5) is 24.1. The van der Waals surface area contributed by atoms with E-state index in [0.717, 1.165) is 53.4 Å². The molecular formula is C21H21FN4OS. The van der Waals surface area contributed by atoms with Crippen molar-refractivity contribution in [2.45, 2.75) is 24.4 Å². The van der Waals surface area contributed by atoms with E-state index in [4.69, 9.17) is 9.97 Å². The van der Waals surface area contributed by atoms with E-state index < -0.39 is 0 Å². The summed E-state index contributed by atoms with van der Waals surface area (Å²) in [5.74, 6) is 0.758. The fourth-order valence-electron chi connectivity index (χ4n) is 3.19. The van der Waals surface area contributed by atoms with Crippen molar-refractivity contribution < 1.29 is 9.18 Å². The lowest BCUT2D eigenvalue weighted by molar-refractivity contribution is -0.118. The van der Waals surface area contributed by atoms with Gasteiger partial charge < -0.3 is 10.2 Å². The molecule has 0 unspecified atom stereocenters. The predicted octanol–water partition coefficient (Wildman–Crippen LogP) is 3.78.